The molecule has 0 unspecified atom stereocenters. The lowest BCUT2D eigenvalue weighted by atomic mass is 10.1. The van der Waals surface area contributed by atoms with Crippen LogP contribution in [0.15, 0.2) is 60.7 Å². The van der Waals surface area contributed by atoms with Crippen LogP contribution in [0.3, 0.4) is 0 Å². The third kappa shape index (κ3) is 4.52. The number of hydroxylamine groups is 2. The molecule has 1 aliphatic rings. The minimum atomic E-state index is -2.65. The Kier molecular flexibility index (Phi) is 6.82. The van der Waals surface area contributed by atoms with E-state index in [0.717, 1.165) is 0 Å². The number of nitrogens with zero attached hydrogens (tertiary/aromatic N) is 1. The van der Waals surface area contributed by atoms with Gasteiger partial charge in [0, 0.05) is 20.4 Å². The first-order valence-electron chi connectivity index (χ1n) is 10.5. The molecule has 0 N–H and O–H groups in total. The Morgan fingerprint density at radius 3 is 2.00 bits per heavy atom. The van der Waals surface area contributed by atoms with Gasteiger partial charge in [-0.1, -0.05) is 81.4 Å². The monoisotopic (exact) mass is 427 g/mol. The summed E-state index contributed by atoms with van der Waals surface area (Å²) in [6.07, 6.45) is -0.111. The van der Waals surface area contributed by atoms with Gasteiger partial charge >= 0.3 is 5.97 Å². The van der Waals surface area contributed by atoms with Gasteiger partial charge in [-0.2, -0.15) is 5.06 Å². The first kappa shape index (κ1) is 22.7. The molecule has 162 valence electrons. The van der Waals surface area contributed by atoms with Crippen molar-refractivity contribution in [1.82, 2.24) is 5.06 Å². The van der Waals surface area contributed by atoms with E-state index >= 15 is 0 Å². The maximum Gasteiger partial charge on any atom is 0.304 e. The summed E-state index contributed by atoms with van der Waals surface area (Å²) < 4.78 is 12.4. The highest BCUT2D eigenvalue weighted by Crippen LogP contribution is 2.39. The maximum atomic E-state index is 11.4. The fourth-order valence-corrected chi connectivity index (χ4v) is 9.17. The van der Waals surface area contributed by atoms with Crippen LogP contribution in [0.1, 0.15) is 41.0 Å². The van der Waals surface area contributed by atoms with Gasteiger partial charge in [-0.25, -0.2) is 0 Å². The SMILES string of the molecule is CC(=O)O[C@H]1C[C@H]([C@H](C)O[Si](c2ccccc2)(c2ccccc2)C(C)(C)C)N(C)O1. The van der Waals surface area contributed by atoms with Gasteiger partial charge in [-0.3, -0.25) is 9.63 Å². The van der Waals surface area contributed by atoms with Crippen molar-refractivity contribution in [3.63, 3.8) is 0 Å². The molecule has 6 heteroatoms. The molecule has 1 fully saturated rings. The average Bonchev–Trinajstić information content (AvgIpc) is 3.05. The summed E-state index contributed by atoms with van der Waals surface area (Å²) >= 11 is 0. The van der Waals surface area contributed by atoms with Crippen LogP contribution < -0.4 is 10.4 Å². The largest absolute Gasteiger partial charge is 0.434 e. The number of hydrogen-bond donors (Lipinski definition) is 0. The Morgan fingerprint density at radius 2 is 1.57 bits per heavy atom. The zero-order valence-electron chi connectivity index (χ0n) is 18.8. The molecule has 0 amide bonds. The Hall–Kier alpha value is -1.99. The zero-order chi connectivity index (χ0) is 21.9. The number of esters is 1. The molecule has 0 bridgehead atoms. The molecular weight excluding hydrogens is 394 g/mol. The standard InChI is InChI=1S/C24H33NO4Si/c1-18(22-17-23(27-19(2)26)28-25(22)6)29-30(24(3,4)5,20-13-9-7-10-14-20)21-15-11-8-12-16-21/h7-16,18,22-23H,17H2,1-6H3/t18-,22+,23+/m0/s1. The molecule has 3 rings (SSSR count). The van der Waals surface area contributed by atoms with Crippen molar-refractivity contribution in [2.24, 2.45) is 0 Å². The molecule has 0 aromatic heterocycles. The van der Waals surface area contributed by atoms with E-state index in [2.05, 4.69) is 76.2 Å². The predicted molar refractivity (Wildman–Crippen MR) is 121 cm³/mol. The van der Waals surface area contributed by atoms with Gasteiger partial charge in [0.05, 0.1) is 12.1 Å². The topological polar surface area (TPSA) is 48.0 Å². The quantitative estimate of drug-likeness (QED) is 0.522. The number of hydrogen-bond acceptors (Lipinski definition) is 5. The van der Waals surface area contributed by atoms with Gasteiger partial charge in [0.1, 0.15) is 0 Å². The third-order valence-corrected chi connectivity index (χ3v) is 10.9. The molecule has 3 atom stereocenters. The molecule has 2 aromatic carbocycles. The van der Waals surface area contributed by atoms with E-state index in [0.29, 0.717) is 6.42 Å². The number of likely N-dealkylation sites (N-methyl/N-ethyl adjacent to an activating group) is 1. The van der Waals surface area contributed by atoms with Gasteiger partial charge in [-0.05, 0) is 22.3 Å². The first-order chi connectivity index (χ1) is 14.1. The molecule has 0 radical (unpaired) electrons. The Bertz CT molecular complexity index is 798. The fourth-order valence-electron chi connectivity index (χ4n) is 4.44. The molecule has 0 spiro atoms. The van der Waals surface area contributed by atoms with Crippen LogP contribution in [0.25, 0.3) is 0 Å². The summed E-state index contributed by atoms with van der Waals surface area (Å²) in [6, 6.07) is 21.2. The van der Waals surface area contributed by atoms with Gasteiger partial charge in [-0.15, -0.1) is 0 Å². The molecule has 0 aliphatic carbocycles. The zero-order valence-corrected chi connectivity index (χ0v) is 19.8. The molecule has 1 heterocycles. The minimum Gasteiger partial charge on any atom is -0.434 e. The van der Waals surface area contributed by atoms with Crippen molar-refractivity contribution in [1.29, 1.82) is 0 Å². The second kappa shape index (κ2) is 9.02. The molecule has 5 nitrogen and oxygen atoms in total. The summed E-state index contributed by atoms with van der Waals surface area (Å²) in [5.41, 5.74) is 0. The molecular formula is C24H33NO4Si. The van der Waals surface area contributed by atoms with E-state index in [9.17, 15) is 4.79 Å². The summed E-state index contributed by atoms with van der Waals surface area (Å²) in [5, 5.41) is 4.16. The summed E-state index contributed by atoms with van der Waals surface area (Å²) in [7, 11) is -0.779. The van der Waals surface area contributed by atoms with Crippen LogP contribution >= 0.6 is 0 Å². The second-order valence-corrected chi connectivity index (χ2v) is 13.2. The lowest BCUT2D eigenvalue weighted by molar-refractivity contribution is -0.228. The highest BCUT2D eigenvalue weighted by Gasteiger charge is 2.52. The number of ether oxygens (including phenoxy) is 1. The van der Waals surface area contributed by atoms with Crippen LogP contribution in [-0.2, 0) is 18.8 Å². The highest BCUT2D eigenvalue weighted by atomic mass is 28.4. The maximum absolute atomic E-state index is 11.4. The lowest BCUT2D eigenvalue weighted by Crippen LogP contribution is -2.68. The van der Waals surface area contributed by atoms with Crippen molar-refractivity contribution in [2.45, 2.75) is 64.5 Å². The minimum absolute atomic E-state index is 0.0176. The van der Waals surface area contributed by atoms with Crippen molar-refractivity contribution in [3.05, 3.63) is 60.7 Å². The highest BCUT2D eigenvalue weighted by molar-refractivity contribution is 6.99. The molecule has 30 heavy (non-hydrogen) atoms. The number of carbonyl (C=O) groups is 1. The molecule has 1 aliphatic heterocycles. The summed E-state index contributed by atoms with van der Waals surface area (Å²) in [5.74, 6) is -0.338. The number of rotatable bonds is 6. The van der Waals surface area contributed by atoms with Gasteiger partial charge in [0.15, 0.2) is 0 Å². The molecule has 0 saturated carbocycles. The van der Waals surface area contributed by atoms with E-state index in [1.807, 2.05) is 19.2 Å². The van der Waals surface area contributed by atoms with Crippen LogP contribution in [0, 0.1) is 0 Å². The van der Waals surface area contributed by atoms with Crippen LogP contribution in [0.2, 0.25) is 5.04 Å². The predicted octanol–water partition coefficient (Wildman–Crippen LogP) is 3.48. The van der Waals surface area contributed by atoms with Gasteiger partial charge in [0.25, 0.3) is 8.32 Å². The summed E-state index contributed by atoms with van der Waals surface area (Å²) in [4.78, 5) is 17.1. The van der Waals surface area contributed by atoms with Crippen molar-refractivity contribution >= 4 is 24.7 Å². The van der Waals surface area contributed by atoms with Gasteiger partial charge < -0.3 is 9.16 Å². The van der Waals surface area contributed by atoms with E-state index in [4.69, 9.17) is 14.0 Å². The Morgan fingerprint density at radius 1 is 1.07 bits per heavy atom. The van der Waals surface area contributed by atoms with Crippen LogP contribution in [0.5, 0.6) is 0 Å². The van der Waals surface area contributed by atoms with Crippen molar-refractivity contribution in [3.8, 4) is 0 Å². The second-order valence-electron chi connectivity index (χ2n) is 8.98. The summed E-state index contributed by atoms with van der Waals surface area (Å²) in [6.45, 7) is 10.3. The lowest BCUT2D eigenvalue weighted by Gasteiger charge is -2.45. The normalized spacial score (nSPS) is 21.4. The first-order valence-corrected chi connectivity index (χ1v) is 12.4. The van der Waals surface area contributed by atoms with E-state index < -0.39 is 14.6 Å². The average molecular weight is 428 g/mol. The van der Waals surface area contributed by atoms with Crippen molar-refractivity contribution in [2.75, 3.05) is 7.05 Å². The van der Waals surface area contributed by atoms with E-state index in [-0.39, 0.29) is 23.2 Å². The Balaban J connectivity index is 2.00. The van der Waals surface area contributed by atoms with E-state index in [1.165, 1.54) is 17.3 Å². The van der Waals surface area contributed by atoms with Crippen LogP contribution in [0.4, 0.5) is 0 Å². The smallest absolute Gasteiger partial charge is 0.304 e. The molecule has 1 saturated heterocycles. The van der Waals surface area contributed by atoms with Crippen molar-refractivity contribution < 1.29 is 18.8 Å². The number of benzene rings is 2. The third-order valence-electron chi connectivity index (χ3n) is 5.80. The fraction of sp³-hybridized carbons (Fsp3) is 0.458. The molecule has 2 aromatic rings. The van der Waals surface area contributed by atoms with E-state index in [1.54, 1.807) is 5.06 Å². The Labute approximate surface area is 181 Å². The number of carbonyl (C=O) groups excluding carboxylic acids is 1. The van der Waals surface area contributed by atoms with Crippen LogP contribution in [-0.4, -0.2) is 44.8 Å². The van der Waals surface area contributed by atoms with Gasteiger partial charge in [0.2, 0.25) is 6.29 Å².